The molecule has 0 aliphatic carbocycles. The minimum absolute atomic E-state index is 0.0617. The normalized spacial score (nSPS) is 18.9. The second kappa shape index (κ2) is 5.04. The van der Waals surface area contributed by atoms with Gasteiger partial charge in [-0.1, -0.05) is 54.6 Å². The standard InChI is InChI=1S/C16H17NO2S/c1-13-16-10-6-5-9-15(16)11-17(13)20(18,19)12-14-7-3-2-4-8-14/h2-10,13H,11-12H2,1H3. The van der Waals surface area contributed by atoms with E-state index in [0.29, 0.717) is 6.54 Å². The summed E-state index contributed by atoms with van der Waals surface area (Å²) in [5, 5.41) is 0. The lowest BCUT2D eigenvalue weighted by atomic mass is 10.1. The number of hydrogen-bond donors (Lipinski definition) is 0. The molecule has 0 spiro atoms. The predicted molar refractivity (Wildman–Crippen MR) is 79.5 cm³/mol. The molecular weight excluding hydrogens is 270 g/mol. The second-order valence-electron chi connectivity index (χ2n) is 5.16. The van der Waals surface area contributed by atoms with Crippen LogP contribution in [0.4, 0.5) is 0 Å². The molecule has 0 amide bonds. The molecule has 1 atom stereocenters. The third kappa shape index (κ3) is 2.37. The molecule has 0 radical (unpaired) electrons. The van der Waals surface area contributed by atoms with Crippen LogP contribution in [-0.2, 0) is 22.3 Å². The summed E-state index contributed by atoms with van der Waals surface area (Å²) in [6.07, 6.45) is 0. The molecule has 0 N–H and O–H groups in total. The molecule has 3 nitrogen and oxygen atoms in total. The van der Waals surface area contributed by atoms with E-state index in [9.17, 15) is 8.42 Å². The maximum Gasteiger partial charge on any atom is 0.219 e. The molecule has 0 saturated carbocycles. The summed E-state index contributed by atoms with van der Waals surface area (Å²) < 4.78 is 26.8. The van der Waals surface area contributed by atoms with Gasteiger partial charge in [-0.25, -0.2) is 8.42 Å². The zero-order valence-corrected chi connectivity index (χ0v) is 12.2. The Bertz CT molecular complexity index is 710. The SMILES string of the molecule is CC1c2ccccc2CN1S(=O)(=O)Cc1ccccc1. The van der Waals surface area contributed by atoms with Gasteiger partial charge in [-0.2, -0.15) is 4.31 Å². The maximum atomic E-state index is 12.6. The Labute approximate surface area is 119 Å². The molecule has 3 rings (SSSR count). The lowest BCUT2D eigenvalue weighted by molar-refractivity contribution is 0.369. The van der Waals surface area contributed by atoms with Crippen LogP contribution in [0.15, 0.2) is 54.6 Å². The molecule has 104 valence electrons. The minimum atomic E-state index is -3.30. The first kappa shape index (κ1) is 13.3. The van der Waals surface area contributed by atoms with Crippen LogP contribution >= 0.6 is 0 Å². The Hall–Kier alpha value is -1.65. The van der Waals surface area contributed by atoms with Crippen LogP contribution in [0.3, 0.4) is 0 Å². The highest BCUT2D eigenvalue weighted by atomic mass is 32.2. The van der Waals surface area contributed by atoms with Crippen molar-refractivity contribution in [1.82, 2.24) is 4.31 Å². The number of benzene rings is 2. The first-order valence-corrected chi connectivity index (χ1v) is 8.30. The zero-order valence-electron chi connectivity index (χ0n) is 11.4. The summed E-state index contributed by atoms with van der Waals surface area (Å²) in [4.78, 5) is 0. The fourth-order valence-corrected chi connectivity index (χ4v) is 4.46. The van der Waals surface area contributed by atoms with Gasteiger partial charge < -0.3 is 0 Å². The van der Waals surface area contributed by atoms with E-state index in [0.717, 1.165) is 16.7 Å². The average Bonchev–Trinajstić information content (AvgIpc) is 2.78. The van der Waals surface area contributed by atoms with Crippen LogP contribution in [0.1, 0.15) is 29.7 Å². The first-order chi connectivity index (χ1) is 9.58. The van der Waals surface area contributed by atoms with Crippen LogP contribution in [0.5, 0.6) is 0 Å². The monoisotopic (exact) mass is 287 g/mol. The summed E-state index contributed by atoms with van der Waals surface area (Å²) in [5.41, 5.74) is 3.05. The lowest BCUT2D eigenvalue weighted by Gasteiger charge is -2.21. The molecule has 0 aromatic heterocycles. The molecule has 1 aliphatic rings. The van der Waals surface area contributed by atoms with E-state index in [4.69, 9.17) is 0 Å². The number of rotatable bonds is 3. The van der Waals surface area contributed by atoms with Crippen LogP contribution in [0, 0.1) is 0 Å². The molecular formula is C16H17NO2S. The number of sulfonamides is 1. The number of fused-ring (bicyclic) bond motifs is 1. The van der Waals surface area contributed by atoms with Crippen molar-refractivity contribution in [3.8, 4) is 0 Å². The second-order valence-corrected chi connectivity index (χ2v) is 7.08. The first-order valence-electron chi connectivity index (χ1n) is 6.69. The van der Waals surface area contributed by atoms with Crippen LogP contribution in [0.25, 0.3) is 0 Å². The summed E-state index contributed by atoms with van der Waals surface area (Å²) in [7, 11) is -3.30. The smallest absolute Gasteiger partial charge is 0.212 e. The van der Waals surface area contributed by atoms with Crippen molar-refractivity contribution in [2.24, 2.45) is 0 Å². The highest BCUT2D eigenvalue weighted by Gasteiger charge is 2.34. The van der Waals surface area contributed by atoms with Crippen molar-refractivity contribution in [3.63, 3.8) is 0 Å². The molecule has 0 fully saturated rings. The number of nitrogens with zero attached hydrogens (tertiary/aromatic N) is 1. The number of hydrogen-bond acceptors (Lipinski definition) is 2. The highest BCUT2D eigenvalue weighted by molar-refractivity contribution is 7.88. The third-order valence-corrected chi connectivity index (χ3v) is 5.67. The Kier molecular flexibility index (Phi) is 3.36. The van der Waals surface area contributed by atoms with E-state index in [1.165, 1.54) is 0 Å². The topological polar surface area (TPSA) is 37.4 Å². The highest BCUT2D eigenvalue weighted by Crippen LogP contribution is 2.35. The minimum Gasteiger partial charge on any atom is -0.212 e. The Morgan fingerprint density at radius 2 is 1.70 bits per heavy atom. The molecule has 20 heavy (non-hydrogen) atoms. The summed E-state index contributed by atoms with van der Waals surface area (Å²) in [5.74, 6) is 0.0617. The van der Waals surface area contributed by atoms with E-state index in [2.05, 4.69) is 0 Å². The van der Waals surface area contributed by atoms with E-state index in [-0.39, 0.29) is 11.8 Å². The molecule has 1 unspecified atom stereocenters. The van der Waals surface area contributed by atoms with Gasteiger partial charge >= 0.3 is 0 Å². The molecule has 4 heteroatoms. The van der Waals surface area contributed by atoms with Crippen molar-refractivity contribution >= 4 is 10.0 Å². The van der Waals surface area contributed by atoms with E-state index >= 15 is 0 Å². The van der Waals surface area contributed by atoms with Gasteiger partial charge in [-0.05, 0) is 23.6 Å². The van der Waals surface area contributed by atoms with Gasteiger partial charge in [0.25, 0.3) is 0 Å². The van der Waals surface area contributed by atoms with E-state index in [1.54, 1.807) is 4.31 Å². The largest absolute Gasteiger partial charge is 0.219 e. The summed E-state index contributed by atoms with van der Waals surface area (Å²) >= 11 is 0. The molecule has 0 bridgehead atoms. The van der Waals surface area contributed by atoms with Crippen molar-refractivity contribution in [1.29, 1.82) is 0 Å². The fourth-order valence-electron chi connectivity index (χ4n) is 2.75. The Balaban J connectivity index is 1.87. The Morgan fingerprint density at radius 3 is 2.40 bits per heavy atom. The quantitative estimate of drug-likeness (QED) is 0.870. The van der Waals surface area contributed by atoms with Crippen molar-refractivity contribution < 1.29 is 8.42 Å². The van der Waals surface area contributed by atoms with Crippen molar-refractivity contribution in [2.45, 2.75) is 25.3 Å². The van der Waals surface area contributed by atoms with Gasteiger partial charge in [0, 0.05) is 12.6 Å². The Morgan fingerprint density at radius 1 is 1.05 bits per heavy atom. The van der Waals surface area contributed by atoms with Crippen LogP contribution in [-0.4, -0.2) is 12.7 Å². The molecule has 2 aromatic rings. The zero-order chi connectivity index (χ0) is 14.2. The van der Waals surface area contributed by atoms with Crippen molar-refractivity contribution in [3.05, 3.63) is 71.3 Å². The average molecular weight is 287 g/mol. The van der Waals surface area contributed by atoms with Gasteiger partial charge in [0.1, 0.15) is 0 Å². The molecule has 0 saturated heterocycles. The van der Waals surface area contributed by atoms with Crippen LogP contribution in [0.2, 0.25) is 0 Å². The van der Waals surface area contributed by atoms with Gasteiger partial charge in [-0.3, -0.25) is 0 Å². The van der Waals surface area contributed by atoms with Gasteiger partial charge in [0.15, 0.2) is 0 Å². The maximum absolute atomic E-state index is 12.6. The lowest BCUT2D eigenvalue weighted by Crippen LogP contribution is -2.29. The third-order valence-electron chi connectivity index (χ3n) is 3.81. The molecule has 1 heterocycles. The van der Waals surface area contributed by atoms with Gasteiger partial charge in [0.2, 0.25) is 10.0 Å². The molecule has 2 aromatic carbocycles. The van der Waals surface area contributed by atoms with Gasteiger partial charge in [-0.15, -0.1) is 0 Å². The fraction of sp³-hybridized carbons (Fsp3) is 0.250. The summed E-state index contributed by atoms with van der Waals surface area (Å²) in [6, 6.07) is 17.2. The molecule has 1 aliphatic heterocycles. The van der Waals surface area contributed by atoms with Crippen LogP contribution < -0.4 is 0 Å². The predicted octanol–water partition coefficient (Wildman–Crippen LogP) is 3.09. The van der Waals surface area contributed by atoms with Crippen molar-refractivity contribution in [2.75, 3.05) is 0 Å². The van der Waals surface area contributed by atoms with E-state index < -0.39 is 10.0 Å². The van der Waals surface area contributed by atoms with E-state index in [1.807, 2.05) is 61.5 Å². The van der Waals surface area contributed by atoms with Gasteiger partial charge in [0.05, 0.1) is 5.75 Å². The summed E-state index contributed by atoms with van der Waals surface area (Å²) in [6.45, 7) is 2.43.